The third-order valence-electron chi connectivity index (χ3n) is 2.25. The summed E-state index contributed by atoms with van der Waals surface area (Å²) < 4.78 is 18.3. The van der Waals surface area contributed by atoms with E-state index in [1.807, 2.05) is 14.0 Å². The summed E-state index contributed by atoms with van der Waals surface area (Å²) in [5.41, 5.74) is 6.93. The molecule has 0 saturated heterocycles. The number of anilines is 1. The van der Waals surface area contributed by atoms with Crippen molar-refractivity contribution in [1.29, 1.82) is 0 Å². The largest absolute Gasteiger partial charge is 0.399 e. The van der Waals surface area contributed by atoms with Gasteiger partial charge in [0.15, 0.2) is 0 Å². The highest BCUT2D eigenvalue weighted by Gasteiger charge is 2.03. The Kier molecular flexibility index (Phi) is 5.22. The summed E-state index contributed by atoms with van der Waals surface area (Å²) in [5, 5.41) is 0. The molecule has 1 aromatic rings. The van der Waals surface area contributed by atoms with Crippen molar-refractivity contribution in [2.24, 2.45) is 0 Å². The zero-order chi connectivity index (χ0) is 12.0. The van der Waals surface area contributed by atoms with E-state index >= 15 is 0 Å². The molecule has 3 nitrogen and oxygen atoms in total. The van der Waals surface area contributed by atoms with Crippen molar-refractivity contribution in [3.8, 4) is 0 Å². The Bertz CT molecular complexity index is 311. The van der Waals surface area contributed by atoms with Gasteiger partial charge >= 0.3 is 0 Å². The average molecular weight is 226 g/mol. The second-order valence-corrected chi connectivity index (χ2v) is 3.83. The van der Waals surface area contributed by atoms with Gasteiger partial charge in [-0.2, -0.15) is 0 Å². The molecule has 0 fully saturated rings. The van der Waals surface area contributed by atoms with Crippen molar-refractivity contribution in [1.82, 2.24) is 4.90 Å². The van der Waals surface area contributed by atoms with Crippen LogP contribution in [0.4, 0.5) is 10.1 Å². The lowest BCUT2D eigenvalue weighted by atomic mass is 10.2. The standard InChI is InChI=1S/C12H19FN2O/c1-3-16-5-4-15(2)9-10-6-11(13)8-12(14)7-10/h6-8H,3-5,9,14H2,1-2H3. The van der Waals surface area contributed by atoms with Crippen LogP contribution in [0.5, 0.6) is 0 Å². The van der Waals surface area contributed by atoms with E-state index in [9.17, 15) is 4.39 Å². The van der Waals surface area contributed by atoms with E-state index in [2.05, 4.69) is 4.90 Å². The van der Waals surface area contributed by atoms with Gasteiger partial charge in [-0.25, -0.2) is 4.39 Å². The number of likely N-dealkylation sites (N-methyl/N-ethyl adjacent to an activating group) is 1. The van der Waals surface area contributed by atoms with Crippen LogP contribution in [0.3, 0.4) is 0 Å². The van der Waals surface area contributed by atoms with E-state index in [0.717, 1.165) is 18.7 Å². The number of hydrogen-bond acceptors (Lipinski definition) is 3. The van der Waals surface area contributed by atoms with Gasteiger partial charge in [0.05, 0.1) is 6.61 Å². The smallest absolute Gasteiger partial charge is 0.125 e. The lowest BCUT2D eigenvalue weighted by molar-refractivity contribution is 0.120. The van der Waals surface area contributed by atoms with Crippen LogP contribution in [0.25, 0.3) is 0 Å². The summed E-state index contributed by atoms with van der Waals surface area (Å²) in [6.07, 6.45) is 0. The first-order valence-corrected chi connectivity index (χ1v) is 5.43. The predicted octanol–water partition coefficient (Wildman–Crippen LogP) is 1.88. The molecule has 0 saturated carbocycles. The zero-order valence-electron chi connectivity index (χ0n) is 9.87. The molecule has 4 heteroatoms. The molecule has 0 spiro atoms. The number of hydrogen-bond donors (Lipinski definition) is 1. The van der Waals surface area contributed by atoms with E-state index < -0.39 is 0 Å². The fourth-order valence-corrected chi connectivity index (χ4v) is 1.52. The molecule has 16 heavy (non-hydrogen) atoms. The number of ether oxygens (including phenoxy) is 1. The molecule has 0 atom stereocenters. The predicted molar refractivity (Wildman–Crippen MR) is 63.6 cm³/mol. The van der Waals surface area contributed by atoms with E-state index in [1.54, 1.807) is 6.07 Å². The maximum Gasteiger partial charge on any atom is 0.125 e. The van der Waals surface area contributed by atoms with Gasteiger partial charge in [-0.15, -0.1) is 0 Å². The van der Waals surface area contributed by atoms with Crippen LogP contribution < -0.4 is 5.73 Å². The van der Waals surface area contributed by atoms with Gasteiger partial charge in [0, 0.05) is 25.4 Å². The summed E-state index contributed by atoms with van der Waals surface area (Å²) in [4.78, 5) is 2.07. The zero-order valence-corrected chi connectivity index (χ0v) is 9.87. The first kappa shape index (κ1) is 12.9. The number of benzene rings is 1. The van der Waals surface area contributed by atoms with Crippen LogP contribution in [0.2, 0.25) is 0 Å². The number of rotatable bonds is 6. The van der Waals surface area contributed by atoms with Gasteiger partial charge in [0.25, 0.3) is 0 Å². The van der Waals surface area contributed by atoms with E-state index in [4.69, 9.17) is 10.5 Å². The van der Waals surface area contributed by atoms with Crippen molar-refractivity contribution in [2.75, 3.05) is 32.5 Å². The molecular formula is C12H19FN2O. The maximum atomic E-state index is 13.1. The normalized spacial score (nSPS) is 11.0. The van der Waals surface area contributed by atoms with Crippen molar-refractivity contribution in [3.05, 3.63) is 29.6 Å². The molecule has 0 heterocycles. The summed E-state index contributed by atoms with van der Waals surface area (Å²) in [6, 6.07) is 4.62. The second kappa shape index (κ2) is 6.45. The van der Waals surface area contributed by atoms with Crippen molar-refractivity contribution in [2.45, 2.75) is 13.5 Å². The monoisotopic (exact) mass is 226 g/mol. The lowest BCUT2D eigenvalue weighted by Gasteiger charge is -2.16. The van der Waals surface area contributed by atoms with Gasteiger partial charge in [0.1, 0.15) is 5.82 Å². The molecule has 1 aromatic carbocycles. The Morgan fingerprint density at radius 2 is 2.12 bits per heavy atom. The number of nitrogens with two attached hydrogens (primary N) is 1. The second-order valence-electron chi connectivity index (χ2n) is 3.83. The molecular weight excluding hydrogens is 207 g/mol. The van der Waals surface area contributed by atoms with Crippen LogP contribution in [0, 0.1) is 5.82 Å². The third kappa shape index (κ3) is 4.59. The molecule has 1 rings (SSSR count). The summed E-state index contributed by atoms with van der Waals surface area (Å²) in [6.45, 7) is 4.88. The summed E-state index contributed by atoms with van der Waals surface area (Å²) in [7, 11) is 1.97. The van der Waals surface area contributed by atoms with Crippen LogP contribution in [-0.4, -0.2) is 31.7 Å². The molecule has 0 unspecified atom stereocenters. The highest BCUT2D eigenvalue weighted by molar-refractivity contribution is 5.41. The summed E-state index contributed by atoms with van der Waals surface area (Å²) >= 11 is 0. The topological polar surface area (TPSA) is 38.5 Å². The molecule has 0 radical (unpaired) electrons. The molecule has 90 valence electrons. The third-order valence-corrected chi connectivity index (χ3v) is 2.25. The fraction of sp³-hybridized carbons (Fsp3) is 0.500. The first-order chi connectivity index (χ1) is 7.61. The molecule has 0 aromatic heterocycles. The molecule has 2 N–H and O–H groups in total. The van der Waals surface area contributed by atoms with Crippen LogP contribution in [-0.2, 0) is 11.3 Å². The van der Waals surface area contributed by atoms with Gasteiger partial charge in [0.2, 0.25) is 0 Å². The van der Waals surface area contributed by atoms with Gasteiger partial charge < -0.3 is 10.5 Å². The Morgan fingerprint density at radius 1 is 1.38 bits per heavy atom. The lowest BCUT2D eigenvalue weighted by Crippen LogP contribution is -2.22. The quantitative estimate of drug-likeness (QED) is 0.594. The Labute approximate surface area is 96.0 Å². The van der Waals surface area contributed by atoms with Gasteiger partial charge in [-0.3, -0.25) is 4.90 Å². The number of nitrogen functional groups attached to an aromatic ring is 1. The highest BCUT2D eigenvalue weighted by Crippen LogP contribution is 2.12. The van der Waals surface area contributed by atoms with E-state index in [0.29, 0.717) is 18.8 Å². The first-order valence-electron chi connectivity index (χ1n) is 5.43. The molecule has 0 aliphatic rings. The molecule has 0 amide bonds. The minimum Gasteiger partial charge on any atom is -0.399 e. The molecule has 0 bridgehead atoms. The Balaban J connectivity index is 2.45. The SMILES string of the molecule is CCOCCN(C)Cc1cc(N)cc(F)c1. The fourth-order valence-electron chi connectivity index (χ4n) is 1.52. The highest BCUT2D eigenvalue weighted by atomic mass is 19.1. The molecule has 0 aliphatic carbocycles. The Hall–Kier alpha value is -1.13. The minimum absolute atomic E-state index is 0.284. The molecule has 0 aliphatic heterocycles. The van der Waals surface area contributed by atoms with E-state index in [-0.39, 0.29) is 5.82 Å². The van der Waals surface area contributed by atoms with Gasteiger partial charge in [-0.1, -0.05) is 0 Å². The number of halogens is 1. The van der Waals surface area contributed by atoms with Crippen molar-refractivity contribution < 1.29 is 9.13 Å². The van der Waals surface area contributed by atoms with E-state index in [1.165, 1.54) is 12.1 Å². The Morgan fingerprint density at radius 3 is 2.75 bits per heavy atom. The maximum absolute atomic E-state index is 13.1. The summed E-state index contributed by atoms with van der Waals surface area (Å²) in [5.74, 6) is -0.284. The van der Waals surface area contributed by atoms with Crippen LogP contribution >= 0.6 is 0 Å². The van der Waals surface area contributed by atoms with Gasteiger partial charge in [-0.05, 0) is 37.7 Å². The van der Waals surface area contributed by atoms with Crippen LogP contribution in [0.15, 0.2) is 18.2 Å². The van der Waals surface area contributed by atoms with Crippen molar-refractivity contribution >= 4 is 5.69 Å². The number of nitrogens with zero attached hydrogens (tertiary/aromatic N) is 1. The minimum atomic E-state index is -0.284. The average Bonchev–Trinajstić information content (AvgIpc) is 2.16. The van der Waals surface area contributed by atoms with Crippen LogP contribution in [0.1, 0.15) is 12.5 Å². The van der Waals surface area contributed by atoms with Crippen molar-refractivity contribution in [3.63, 3.8) is 0 Å².